The van der Waals surface area contributed by atoms with E-state index in [0.29, 0.717) is 15.7 Å². The molecule has 0 aromatic heterocycles. The summed E-state index contributed by atoms with van der Waals surface area (Å²) in [6.07, 6.45) is 0. The van der Waals surface area contributed by atoms with Crippen LogP contribution in [0.1, 0.15) is 0 Å². The molecule has 0 heterocycles. The third-order valence-electron chi connectivity index (χ3n) is 1.58. The number of benzene rings is 1. The highest BCUT2D eigenvalue weighted by molar-refractivity contribution is 7.80. The Balaban J connectivity index is 2.46. The molecule has 0 aliphatic carbocycles. The lowest BCUT2D eigenvalue weighted by Gasteiger charge is -2.07. The molecule has 1 rings (SSSR count). The van der Waals surface area contributed by atoms with Gasteiger partial charge >= 0.3 is 10.4 Å². The highest BCUT2D eigenvalue weighted by Crippen LogP contribution is 2.24. The van der Waals surface area contributed by atoms with E-state index in [2.05, 4.69) is 9.50 Å². The molecule has 0 saturated heterocycles. The first kappa shape index (κ1) is 13.5. The smallest absolute Gasteiger partial charge is 0.381 e. The largest absolute Gasteiger partial charge is 0.397 e. The number of hydrogen-bond donors (Lipinski definition) is 2. The summed E-state index contributed by atoms with van der Waals surface area (Å²) in [5.74, 6) is 0. The van der Waals surface area contributed by atoms with Crippen LogP contribution in [0.25, 0.3) is 0 Å². The molecule has 16 heavy (non-hydrogen) atoms. The molecule has 90 valence electrons. The number of halogens is 2. The van der Waals surface area contributed by atoms with Gasteiger partial charge in [0.25, 0.3) is 0 Å². The fourth-order valence-corrected chi connectivity index (χ4v) is 1.62. The van der Waals surface area contributed by atoms with Crippen molar-refractivity contribution in [3.63, 3.8) is 0 Å². The predicted octanol–water partition coefficient (Wildman–Crippen LogP) is 2.22. The van der Waals surface area contributed by atoms with Crippen LogP contribution < -0.4 is 5.32 Å². The van der Waals surface area contributed by atoms with Crippen LogP contribution in [0.3, 0.4) is 0 Å². The van der Waals surface area contributed by atoms with Gasteiger partial charge in [0.1, 0.15) is 0 Å². The van der Waals surface area contributed by atoms with Crippen LogP contribution in [0, 0.1) is 0 Å². The van der Waals surface area contributed by atoms with Crippen LogP contribution in [0.4, 0.5) is 5.69 Å². The molecule has 0 amide bonds. The Kier molecular flexibility index (Phi) is 4.82. The van der Waals surface area contributed by atoms with Gasteiger partial charge in [-0.3, -0.25) is 4.55 Å². The molecule has 2 N–H and O–H groups in total. The normalized spacial score (nSPS) is 11.4. The SMILES string of the molecule is O=S(=O)(O)OCCNc1cc(Cl)ccc1Cl. The molecule has 1 aromatic rings. The molecule has 0 bridgehead atoms. The number of nitrogens with one attached hydrogen (secondary N) is 1. The highest BCUT2D eigenvalue weighted by Gasteiger charge is 2.04. The van der Waals surface area contributed by atoms with Crippen LogP contribution >= 0.6 is 23.2 Å². The molecular weight excluding hydrogens is 277 g/mol. The summed E-state index contributed by atoms with van der Waals surface area (Å²) >= 11 is 11.6. The van der Waals surface area contributed by atoms with Crippen molar-refractivity contribution < 1.29 is 17.2 Å². The van der Waals surface area contributed by atoms with Crippen LogP contribution in [-0.2, 0) is 14.6 Å². The van der Waals surface area contributed by atoms with Gasteiger partial charge in [0.05, 0.1) is 17.3 Å². The second kappa shape index (κ2) is 5.70. The fourth-order valence-electron chi connectivity index (χ4n) is 0.966. The topological polar surface area (TPSA) is 75.6 Å². The van der Waals surface area contributed by atoms with Gasteiger partial charge in [-0.05, 0) is 18.2 Å². The molecule has 0 spiro atoms. The Hall–Kier alpha value is -0.530. The Bertz CT molecular complexity index is 463. The molecule has 0 fully saturated rings. The van der Waals surface area contributed by atoms with Crippen LogP contribution in [-0.4, -0.2) is 26.1 Å². The van der Waals surface area contributed by atoms with Gasteiger partial charge in [-0.25, -0.2) is 4.18 Å². The molecule has 0 unspecified atom stereocenters. The van der Waals surface area contributed by atoms with Crippen molar-refractivity contribution in [2.45, 2.75) is 0 Å². The average Bonchev–Trinajstić information content (AvgIpc) is 2.16. The minimum absolute atomic E-state index is 0.167. The Morgan fingerprint density at radius 2 is 2.06 bits per heavy atom. The van der Waals surface area contributed by atoms with Gasteiger partial charge in [-0.15, -0.1) is 0 Å². The molecular formula is C8H9Cl2NO4S. The minimum Gasteiger partial charge on any atom is -0.381 e. The summed E-state index contributed by atoms with van der Waals surface area (Å²) in [5, 5.41) is 3.77. The van der Waals surface area contributed by atoms with Crippen LogP contribution in [0.15, 0.2) is 18.2 Å². The van der Waals surface area contributed by atoms with Gasteiger partial charge in [0, 0.05) is 11.6 Å². The third kappa shape index (κ3) is 5.00. The van der Waals surface area contributed by atoms with E-state index >= 15 is 0 Å². The first-order chi connectivity index (χ1) is 7.38. The van der Waals surface area contributed by atoms with E-state index in [1.54, 1.807) is 18.2 Å². The zero-order chi connectivity index (χ0) is 12.2. The van der Waals surface area contributed by atoms with Crippen molar-refractivity contribution >= 4 is 39.3 Å². The number of rotatable bonds is 5. The predicted molar refractivity (Wildman–Crippen MR) is 62.5 cm³/mol. The first-order valence-electron chi connectivity index (χ1n) is 4.19. The highest BCUT2D eigenvalue weighted by atomic mass is 35.5. The van der Waals surface area contributed by atoms with Gasteiger partial charge in [0.2, 0.25) is 0 Å². The van der Waals surface area contributed by atoms with E-state index in [1.165, 1.54) is 0 Å². The second-order valence-electron chi connectivity index (χ2n) is 2.80. The zero-order valence-electron chi connectivity index (χ0n) is 7.98. The van der Waals surface area contributed by atoms with Gasteiger partial charge in [-0.2, -0.15) is 8.42 Å². The molecule has 1 aromatic carbocycles. The summed E-state index contributed by atoms with van der Waals surface area (Å²) in [6, 6.07) is 4.83. The zero-order valence-corrected chi connectivity index (χ0v) is 10.3. The lowest BCUT2D eigenvalue weighted by atomic mass is 10.3. The maximum atomic E-state index is 10.2. The molecule has 0 atom stereocenters. The lowest BCUT2D eigenvalue weighted by molar-refractivity contribution is 0.278. The van der Waals surface area contributed by atoms with E-state index in [0.717, 1.165) is 0 Å². The quantitative estimate of drug-likeness (QED) is 0.641. The molecule has 0 radical (unpaired) electrons. The third-order valence-corrected chi connectivity index (χ3v) is 2.61. The van der Waals surface area contributed by atoms with E-state index < -0.39 is 10.4 Å². The van der Waals surface area contributed by atoms with Gasteiger partial charge < -0.3 is 5.32 Å². The number of anilines is 1. The van der Waals surface area contributed by atoms with Crippen molar-refractivity contribution in [3.05, 3.63) is 28.2 Å². The maximum absolute atomic E-state index is 10.2. The summed E-state index contributed by atoms with van der Waals surface area (Å²) in [6.45, 7) is -0.0402. The van der Waals surface area contributed by atoms with Gasteiger partial charge in [0.15, 0.2) is 0 Å². The minimum atomic E-state index is -4.40. The van der Waals surface area contributed by atoms with Crippen molar-refractivity contribution in [2.75, 3.05) is 18.5 Å². The van der Waals surface area contributed by atoms with Crippen molar-refractivity contribution in [1.82, 2.24) is 0 Å². The molecule has 0 aliphatic rings. The fraction of sp³-hybridized carbons (Fsp3) is 0.250. The Morgan fingerprint density at radius 3 is 2.69 bits per heavy atom. The maximum Gasteiger partial charge on any atom is 0.397 e. The monoisotopic (exact) mass is 285 g/mol. The summed E-state index contributed by atoms with van der Waals surface area (Å²) in [7, 11) is -4.40. The van der Waals surface area contributed by atoms with Crippen LogP contribution in [0.5, 0.6) is 0 Å². The van der Waals surface area contributed by atoms with Crippen molar-refractivity contribution in [2.24, 2.45) is 0 Å². The van der Waals surface area contributed by atoms with E-state index in [1.807, 2.05) is 0 Å². The van der Waals surface area contributed by atoms with Crippen molar-refractivity contribution in [3.8, 4) is 0 Å². The van der Waals surface area contributed by atoms with E-state index in [9.17, 15) is 8.42 Å². The van der Waals surface area contributed by atoms with E-state index in [-0.39, 0.29) is 13.2 Å². The second-order valence-corrected chi connectivity index (χ2v) is 4.74. The molecule has 0 saturated carbocycles. The first-order valence-corrected chi connectivity index (χ1v) is 6.31. The van der Waals surface area contributed by atoms with Crippen molar-refractivity contribution in [1.29, 1.82) is 0 Å². The molecule has 5 nitrogen and oxygen atoms in total. The lowest BCUT2D eigenvalue weighted by Crippen LogP contribution is -2.13. The average molecular weight is 286 g/mol. The van der Waals surface area contributed by atoms with Gasteiger partial charge in [-0.1, -0.05) is 23.2 Å². The molecule has 8 heteroatoms. The number of hydrogen-bond acceptors (Lipinski definition) is 4. The summed E-state index contributed by atoms with van der Waals surface area (Å²) in [4.78, 5) is 0. The van der Waals surface area contributed by atoms with E-state index in [4.69, 9.17) is 27.8 Å². The standard InChI is InChI=1S/C8H9Cl2NO4S/c9-6-1-2-7(10)8(5-6)11-3-4-15-16(12,13)14/h1-2,5,11H,3-4H2,(H,12,13,14). The Morgan fingerprint density at radius 1 is 1.38 bits per heavy atom. The van der Waals surface area contributed by atoms with Crippen LogP contribution in [0.2, 0.25) is 10.0 Å². The molecule has 0 aliphatic heterocycles. The summed E-state index contributed by atoms with van der Waals surface area (Å²) < 4.78 is 32.8. The summed E-state index contributed by atoms with van der Waals surface area (Å²) in [5.41, 5.74) is 0.563. The Labute approximate surface area is 103 Å².